The smallest absolute Gasteiger partial charge is 0.255 e. The number of nitrogens with zero attached hydrogens (tertiary/aromatic N) is 3. The quantitative estimate of drug-likeness (QED) is 0.343. The van der Waals surface area contributed by atoms with E-state index < -0.39 is 6.04 Å². The fourth-order valence-corrected chi connectivity index (χ4v) is 4.35. The van der Waals surface area contributed by atoms with Crippen molar-refractivity contribution >= 4 is 17.5 Å². The lowest BCUT2D eigenvalue weighted by atomic mass is 9.94. The molecule has 0 saturated carbocycles. The molecular weight excluding hydrogens is 489 g/mol. The van der Waals surface area contributed by atoms with Crippen molar-refractivity contribution in [2.45, 2.75) is 19.6 Å². The van der Waals surface area contributed by atoms with Gasteiger partial charge in [-0.05, 0) is 42.8 Å². The Morgan fingerprint density at radius 2 is 1.84 bits per heavy atom. The Morgan fingerprint density at radius 3 is 2.61 bits per heavy atom. The minimum Gasteiger partial charge on any atom is -0.497 e. The van der Waals surface area contributed by atoms with Gasteiger partial charge < -0.3 is 24.8 Å². The highest BCUT2D eigenvalue weighted by atomic mass is 19.1. The molecule has 1 atom stereocenters. The summed E-state index contributed by atoms with van der Waals surface area (Å²) in [7, 11) is 3.08. The van der Waals surface area contributed by atoms with E-state index in [4.69, 9.17) is 14.2 Å². The molecule has 38 heavy (non-hydrogen) atoms. The monoisotopic (exact) mass is 515 g/mol. The summed E-state index contributed by atoms with van der Waals surface area (Å²) in [6.45, 7) is 2.03. The van der Waals surface area contributed by atoms with Crippen LogP contribution in [0, 0.1) is 5.82 Å². The van der Waals surface area contributed by atoms with Gasteiger partial charge in [0.25, 0.3) is 5.91 Å². The van der Waals surface area contributed by atoms with E-state index in [-0.39, 0.29) is 18.3 Å². The number of nitrogens with one attached hydrogen (secondary N) is 2. The second kappa shape index (κ2) is 10.6. The normalized spacial score (nSPS) is 14.4. The van der Waals surface area contributed by atoms with Crippen LogP contribution in [-0.4, -0.2) is 34.9 Å². The molecule has 0 spiro atoms. The van der Waals surface area contributed by atoms with Crippen molar-refractivity contribution in [3.05, 3.63) is 101 Å². The van der Waals surface area contributed by atoms with Crippen LogP contribution in [-0.2, 0) is 11.4 Å². The SMILES string of the molecule is COc1ccc(OC)c(NC(=O)C2=C(C)Nc3ncnn3[C@@H]2c2ccccc2OCc2ccc(F)cc2)c1. The molecule has 1 aliphatic rings. The van der Waals surface area contributed by atoms with E-state index in [9.17, 15) is 9.18 Å². The van der Waals surface area contributed by atoms with Crippen molar-refractivity contribution in [3.63, 3.8) is 0 Å². The van der Waals surface area contributed by atoms with E-state index in [1.54, 1.807) is 42.1 Å². The number of methoxy groups -OCH3 is 2. The number of para-hydroxylation sites is 1. The number of carbonyl (C=O) groups is 1. The molecule has 5 rings (SSSR count). The fourth-order valence-electron chi connectivity index (χ4n) is 4.35. The van der Waals surface area contributed by atoms with E-state index in [2.05, 4.69) is 20.7 Å². The lowest BCUT2D eigenvalue weighted by Crippen LogP contribution is -2.31. The van der Waals surface area contributed by atoms with Gasteiger partial charge in [0.05, 0.1) is 25.5 Å². The first-order chi connectivity index (χ1) is 18.5. The van der Waals surface area contributed by atoms with Gasteiger partial charge in [-0.25, -0.2) is 9.07 Å². The average molecular weight is 516 g/mol. The summed E-state index contributed by atoms with van der Waals surface area (Å²) in [6, 6.07) is 18.1. The molecule has 1 aliphatic heterocycles. The molecule has 10 heteroatoms. The van der Waals surface area contributed by atoms with Crippen molar-refractivity contribution in [2.24, 2.45) is 0 Å². The van der Waals surface area contributed by atoms with Crippen molar-refractivity contribution in [3.8, 4) is 17.2 Å². The number of hydrogen-bond acceptors (Lipinski definition) is 7. The van der Waals surface area contributed by atoms with Gasteiger partial charge in [0.1, 0.15) is 42.0 Å². The van der Waals surface area contributed by atoms with Crippen molar-refractivity contribution in [2.75, 3.05) is 24.9 Å². The zero-order chi connectivity index (χ0) is 26.6. The molecule has 9 nitrogen and oxygen atoms in total. The third-order valence-corrected chi connectivity index (χ3v) is 6.22. The van der Waals surface area contributed by atoms with Crippen LogP contribution in [0.3, 0.4) is 0 Å². The molecule has 4 aromatic rings. The zero-order valence-electron chi connectivity index (χ0n) is 21.1. The maximum atomic E-state index is 13.8. The Labute approximate surface area is 218 Å². The summed E-state index contributed by atoms with van der Waals surface area (Å²) in [4.78, 5) is 18.1. The Balaban J connectivity index is 1.52. The number of fused-ring (bicyclic) bond motifs is 1. The minimum absolute atomic E-state index is 0.220. The molecular formula is C28H26FN5O4. The predicted octanol–water partition coefficient (Wildman–Crippen LogP) is 4.94. The number of amides is 1. The number of rotatable bonds is 8. The van der Waals surface area contributed by atoms with Gasteiger partial charge in [-0.2, -0.15) is 10.1 Å². The molecule has 2 heterocycles. The van der Waals surface area contributed by atoms with E-state index in [1.807, 2.05) is 31.2 Å². The van der Waals surface area contributed by atoms with Gasteiger partial charge in [-0.15, -0.1) is 0 Å². The Hall–Kier alpha value is -4.86. The van der Waals surface area contributed by atoms with Crippen LogP contribution in [0.5, 0.6) is 17.2 Å². The lowest BCUT2D eigenvalue weighted by molar-refractivity contribution is -0.113. The highest BCUT2D eigenvalue weighted by molar-refractivity contribution is 6.06. The summed E-state index contributed by atoms with van der Waals surface area (Å²) < 4.78 is 31.9. The first-order valence-electron chi connectivity index (χ1n) is 11.9. The summed E-state index contributed by atoms with van der Waals surface area (Å²) in [5.41, 5.74) is 3.02. The van der Waals surface area contributed by atoms with Gasteiger partial charge in [0.15, 0.2) is 0 Å². The number of carbonyl (C=O) groups excluding carboxylic acids is 1. The Morgan fingerprint density at radius 1 is 1.05 bits per heavy atom. The van der Waals surface area contributed by atoms with Crippen LogP contribution < -0.4 is 24.8 Å². The molecule has 194 valence electrons. The van der Waals surface area contributed by atoms with E-state index in [0.29, 0.717) is 45.7 Å². The number of aromatic nitrogens is 3. The lowest BCUT2D eigenvalue weighted by Gasteiger charge is -2.30. The minimum atomic E-state index is -0.644. The summed E-state index contributed by atoms with van der Waals surface area (Å²) in [5, 5.41) is 10.5. The third-order valence-electron chi connectivity index (χ3n) is 6.22. The van der Waals surface area contributed by atoms with Gasteiger partial charge in [-0.3, -0.25) is 4.79 Å². The van der Waals surface area contributed by atoms with E-state index in [0.717, 1.165) is 5.56 Å². The first-order valence-corrected chi connectivity index (χ1v) is 11.9. The average Bonchev–Trinajstić information content (AvgIpc) is 3.40. The van der Waals surface area contributed by atoms with Crippen molar-refractivity contribution in [1.82, 2.24) is 14.8 Å². The molecule has 0 fully saturated rings. The summed E-state index contributed by atoms with van der Waals surface area (Å²) >= 11 is 0. The highest BCUT2D eigenvalue weighted by Gasteiger charge is 2.35. The fraction of sp³-hybridized carbons (Fsp3) is 0.179. The molecule has 0 saturated heterocycles. The predicted molar refractivity (Wildman–Crippen MR) is 140 cm³/mol. The van der Waals surface area contributed by atoms with Gasteiger partial charge in [0, 0.05) is 17.3 Å². The number of ether oxygens (including phenoxy) is 3. The molecule has 0 radical (unpaired) electrons. The molecule has 0 bridgehead atoms. The molecule has 0 unspecified atom stereocenters. The van der Waals surface area contributed by atoms with Crippen LogP contribution in [0.1, 0.15) is 24.1 Å². The standard InChI is InChI=1S/C28H26FN5O4/c1-17-25(27(35)33-22-14-20(36-2)12-13-24(22)37-3)26(34-28(32-17)30-16-31-34)21-6-4-5-7-23(21)38-15-18-8-10-19(29)11-9-18/h4-14,16,26H,15H2,1-3H3,(H,33,35)(H,30,31,32)/t26-/m1/s1. The second-order valence-corrected chi connectivity index (χ2v) is 8.57. The molecule has 1 amide bonds. The van der Waals surface area contributed by atoms with Gasteiger partial charge >= 0.3 is 0 Å². The Bertz CT molecular complexity index is 1500. The topological polar surface area (TPSA) is 99.5 Å². The molecule has 1 aromatic heterocycles. The first kappa shape index (κ1) is 24.8. The van der Waals surface area contributed by atoms with Crippen molar-refractivity contribution < 1.29 is 23.4 Å². The second-order valence-electron chi connectivity index (χ2n) is 8.57. The third kappa shape index (κ3) is 4.88. The summed E-state index contributed by atoms with van der Waals surface area (Å²) in [5.74, 6) is 1.44. The van der Waals surface area contributed by atoms with Crippen LogP contribution in [0.25, 0.3) is 0 Å². The number of benzene rings is 3. The van der Waals surface area contributed by atoms with E-state index in [1.165, 1.54) is 25.6 Å². The van der Waals surface area contributed by atoms with Crippen LogP contribution in [0.15, 0.2) is 84.3 Å². The van der Waals surface area contributed by atoms with Crippen LogP contribution >= 0.6 is 0 Å². The molecule has 0 aliphatic carbocycles. The number of hydrogen-bond donors (Lipinski definition) is 2. The molecule has 2 N–H and O–H groups in total. The Kier molecular flexibility index (Phi) is 6.94. The van der Waals surface area contributed by atoms with Crippen LogP contribution in [0.4, 0.5) is 16.0 Å². The molecule has 3 aromatic carbocycles. The maximum Gasteiger partial charge on any atom is 0.255 e. The maximum absolute atomic E-state index is 13.8. The highest BCUT2D eigenvalue weighted by Crippen LogP contribution is 2.40. The van der Waals surface area contributed by atoms with Crippen molar-refractivity contribution in [1.29, 1.82) is 0 Å². The van der Waals surface area contributed by atoms with Gasteiger partial charge in [0.2, 0.25) is 5.95 Å². The zero-order valence-corrected chi connectivity index (χ0v) is 21.1. The van der Waals surface area contributed by atoms with Crippen LogP contribution in [0.2, 0.25) is 0 Å². The number of anilines is 2. The van der Waals surface area contributed by atoms with E-state index >= 15 is 0 Å². The number of halogens is 1. The number of allylic oxidation sites excluding steroid dienone is 1. The summed E-state index contributed by atoms with van der Waals surface area (Å²) in [6.07, 6.45) is 1.43. The van der Waals surface area contributed by atoms with Gasteiger partial charge in [-0.1, -0.05) is 30.3 Å². The largest absolute Gasteiger partial charge is 0.497 e.